The topological polar surface area (TPSA) is 97.1 Å². The molecule has 0 radical (unpaired) electrons. The quantitative estimate of drug-likeness (QED) is 0.657. The van der Waals surface area contributed by atoms with Crippen LogP contribution in [0.15, 0.2) is 45.0 Å². The van der Waals surface area contributed by atoms with Crippen LogP contribution in [0, 0.1) is 6.92 Å². The Balaban J connectivity index is 1.91. The van der Waals surface area contributed by atoms with Gasteiger partial charge in [0.05, 0.1) is 22.4 Å². The maximum absolute atomic E-state index is 12.5. The second-order valence-corrected chi connectivity index (χ2v) is 7.57. The molecule has 2 N–H and O–H groups in total. The van der Waals surface area contributed by atoms with Crippen molar-refractivity contribution >= 4 is 33.2 Å². The molecule has 2 aromatic heterocycles. The van der Waals surface area contributed by atoms with Crippen molar-refractivity contribution in [1.29, 1.82) is 0 Å². The van der Waals surface area contributed by atoms with E-state index >= 15 is 0 Å². The van der Waals surface area contributed by atoms with E-state index in [-0.39, 0.29) is 11.7 Å². The second-order valence-electron chi connectivity index (χ2n) is 5.59. The van der Waals surface area contributed by atoms with Crippen molar-refractivity contribution in [3.8, 4) is 11.4 Å². The smallest absolute Gasteiger partial charge is 0.276 e. The molecule has 0 aliphatic carbocycles. The van der Waals surface area contributed by atoms with Gasteiger partial charge in [0.2, 0.25) is 0 Å². The average molecular weight is 435 g/mol. The Labute approximate surface area is 161 Å². The van der Waals surface area contributed by atoms with Crippen LogP contribution in [-0.2, 0) is 0 Å². The lowest BCUT2D eigenvalue weighted by molar-refractivity contribution is 0.0929. The Hall–Kier alpha value is -2.52. The number of hydrogen-bond acceptors (Lipinski definition) is 6. The van der Waals surface area contributed by atoms with Crippen LogP contribution in [0.25, 0.3) is 5.69 Å². The van der Waals surface area contributed by atoms with E-state index in [1.807, 2.05) is 12.3 Å². The number of aromatic hydroxyl groups is 1. The lowest BCUT2D eigenvalue weighted by atomic mass is 10.2. The maximum atomic E-state index is 12.5. The summed E-state index contributed by atoms with van der Waals surface area (Å²) < 4.78 is 1.91. The fourth-order valence-electron chi connectivity index (χ4n) is 2.29. The van der Waals surface area contributed by atoms with Crippen LogP contribution < -0.4 is 10.9 Å². The van der Waals surface area contributed by atoms with Crippen LogP contribution in [0.1, 0.15) is 34.2 Å². The van der Waals surface area contributed by atoms with Crippen LogP contribution in [0.4, 0.5) is 0 Å². The molecule has 3 rings (SSSR count). The van der Waals surface area contributed by atoms with E-state index in [4.69, 9.17) is 0 Å². The fraction of sp³-hybridized carbons (Fsp3) is 0.176. The van der Waals surface area contributed by atoms with Crippen molar-refractivity contribution in [1.82, 2.24) is 20.1 Å². The van der Waals surface area contributed by atoms with Crippen LogP contribution in [0.2, 0.25) is 0 Å². The molecule has 1 amide bonds. The lowest BCUT2D eigenvalue weighted by Gasteiger charge is -2.13. The molecule has 9 heteroatoms. The molecule has 0 saturated heterocycles. The van der Waals surface area contributed by atoms with Gasteiger partial charge in [-0.1, -0.05) is 15.9 Å². The summed E-state index contributed by atoms with van der Waals surface area (Å²) in [6, 6.07) is 7.48. The molecule has 0 saturated carbocycles. The number of nitrogens with zero attached hydrogens (tertiary/aromatic N) is 3. The van der Waals surface area contributed by atoms with Crippen LogP contribution in [-0.4, -0.2) is 25.8 Å². The summed E-state index contributed by atoms with van der Waals surface area (Å²) in [5.74, 6) is -1.06. The zero-order chi connectivity index (χ0) is 18.8. The largest absolute Gasteiger partial charge is 0.505 e. The van der Waals surface area contributed by atoms with E-state index in [1.165, 1.54) is 11.3 Å². The molecule has 1 atom stereocenters. The van der Waals surface area contributed by atoms with E-state index in [0.29, 0.717) is 5.69 Å². The zero-order valence-corrected chi connectivity index (χ0v) is 16.3. The van der Waals surface area contributed by atoms with Crippen molar-refractivity contribution in [2.24, 2.45) is 0 Å². The standard InChI is InChI=1S/C17H15BrN4O3S/c1-9(13-8-26-10(2)20-13)19-17(25)16-14(23)7-15(24)22(21-16)12-5-3-11(18)4-6-12/h3-9,23H,1-2H3,(H,19,25). The van der Waals surface area contributed by atoms with Gasteiger partial charge in [0.15, 0.2) is 11.4 Å². The normalized spacial score (nSPS) is 12.0. The first kappa shape index (κ1) is 18.3. The number of rotatable bonds is 4. The van der Waals surface area contributed by atoms with E-state index < -0.39 is 17.2 Å². The number of carbonyl (C=O) groups is 1. The molecular formula is C17H15BrN4O3S. The number of aromatic nitrogens is 3. The first-order chi connectivity index (χ1) is 12.3. The van der Waals surface area contributed by atoms with Gasteiger partial charge in [0.1, 0.15) is 0 Å². The summed E-state index contributed by atoms with van der Waals surface area (Å²) in [5.41, 5.74) is 0.438. The van der Waals surface area contributed by atoms with Gasteiger partial charge in [-0.2, -0.15) is 9.78 Å². The molecule has 3 aromatic rings. The van der Waals surface area contributed by atoms with E-state index in [9.17, 15) is 14.7 Å². The van der Waals surface area contributed by atoms with E-state index in [0.717, 1.165) is 25.9 Å². The molecule has 134 valence electrons. The number of benzene rings is 1. The Kier molecular flexibility index (Phi) is 5.19. The SMILES string of the molecule is Cc1nc(C(C)NC(=O)c2nn(-c3ccc(Br)cc3)c(=O)cc2O)cs1. The third-order valence-corrected chi connectivity index (χ3v) is 4.95. The minimum atomic E-state index is -0.591. The van der Waals surface area contributed by atoms with Crippen LogP contribution >= 0.6 is 27.3 Å². The monoisotopic (exact) mass is 434 g/mol. The van der Waals surface area contributed by atoms with Gasteiger partial charge in [-0.05, 0) is 38.1 Å². The number of carbonyl (C=O) groups excluding carboxylic acids is 1. The van der Waals surface area contributed by atoms with Gasteiger partial charge < -0.3 is 10.4 Å². The highest BCUT2D eigenvalue weighted by atomic mass is 79.9. The Bertz CT molecular complexity index is 1010. The predicted octanol–water partition coefficient (Wildman–Crippen LogP) is 2.96. The Morgan fingerprint density at radius 2 is 2.04 bits per heavy atom. The van der Waals surface area contributed by atoms with Crippen molar-refractivity contribution in [2.45, 2.75) is 19.9 Å². The molecule has 0 bridgehead atoms. The Morgan fingerprint density at radius 1 is 1.35 bits per heavy atom. The van der Waals surface area contributed by atoms with Gasteiger partial charge in [-0.25, -0.2) is 4.98 Å². The molecule has 2 heterocycles. The molecule has 0 aliphatic heterocycles. The van der Waals surface area contributed by atoms with E-state index in [1.54, 1.807) is 31.2 Å². The first-order valence-electron chi connectivity index (χ1n) is 7.67. The first-order valence-corrected chi connectivity index (χ1v) is 9.34. The van der Waals surface area contributed by atoms with Crippen molar-refractivity contribution < 1.29 is 9.90 Å². The van der Waals surface area contributed by atoms with Gasteiger partial charge in [0, 0.05) is 15.9 Å². The molecule has 0 spiro atoms. The highest BCUT2D eigenvalue weighted by Crippen LogP contribution is 2.18. The minimum Gasteiger partial charge on any atom is -0.505 e. The lowest BCUT2D eigenvalue weighted by Crippen LogP contribution is -2.31. The summed E-state index contributed by atoms with van der Waals surface area (Å²) in [5, 5.41) is 19.5. The molecule has 0 fully saturated rings. The highest BCUT2D eigenvalue weighted by Gasteiger charge is 2.20. The van der Waals surface area contributed by atoms with Crippen LogP contribution in [0.3, 0.4) is 0 Å². The number of hydrogen-bond donors (Lipinski definition) is 2. The summed E-state index contributed by atoms with van der Waals surface area (Å²) >= 11 is 4.80. The molecule has 1 aromatic carbocycles. The summed E-state index contributed by atoms with van der Waals surface area (Å²) in [6.45, 7) is 3.67. The summed E-state index contributed by atoms with van der Waals surface area (Å²) in [7, 11) is 0. The highest BCUT2D eigenvalue weighted by molar-refractivity contribution is 9.10. The van der Waals surface area contributed by atoms with Gasteiger partial charge in [0.25, 0.3) is 11.5 Å². The van der Waals surface area contributed by atoms with Crippen molar-refractivity contribution in [3.05, 3.63) is 66.9 Å². The van der Waals surface area contributed by atoms with Gasteiger partial charge in [-0.3, -0.25) is 9.59 Å². The average Bonchev–Trinajstić information content (AvgIpc) is 3.02. The third kappa shape index (κ3) is 3.83. The molecular weight excluding hydrogens is 420 g/mol. The maximum Gasteiger partial charge on any atom is 0.276 e. The molecule has 26 heavy (non-hydrogen) atoms. The second kappa shape index (κ2) is 7.38. The number of halogens is 1. The molecule has 1 unspecified atom stereocenters. The summed E-state index contributed by atoms with van der Waals surface area (Å²) in [6.07, 6.45) is 0. The molecule has 7 nitrogen and oxygen atoms in total. The predicted molar refractivity (Wildman–Crippen MR) is 102 cm³/mol. The van der Waals surface area contributed by atoms with Crippen molar-refractivity contribution in [2.75, 3.05) is 0 Å². The Morgan fingerprint density at radius 3 is 2.65 bits per heavy atom. The third-order valence-electron chi connectivity index (χ3n) is 3.63. The van der Waals surface area contributed by atoms with Gasteiger partial charge in [-0.15, -0.1) is 11.3 Å². The fourth-order valence-corrected chi connectivity index (χ4v) is 3.26. The number of aryl methyl sites for hydroxylation is 1. The van der Waals surface area contributed by atoms with Crippen LogP contribution in [0.5, 0.6) is 5.75 Å². The molecule has 0 aliphatic rings. The van der Waals surface area contributed by atoms with Crippen molar-refractivity contribution in [3.63, 3.8) is 0 Å². The van der Waals surface area contributed by atoms with Gasteiger partial charge >= 0.3 is 0 Å². The summed E-state index contributed by atoms with van der Waals surface area (Å²) in [4.78, 5) is 29.0. The number of thiazole rings is 1. The van der Waals surface area contributed by atoms with E-state index in [2.05, 4.69) is 31.3 Å². The zero-order valence-electron chi connectivity index (χ0n) is 13.9. The number of nitrogens with one attached hydrogen (secondary N) is 1. The minimum absolute atomic E-state index is 0.230. The number of amides is 1.